The predicted molar refractivity (Wildman–Crippen MR) is 70.5 cm³/mol. The Morgan fingerprint density at radius 1 is 1.32 bits per heavy atom. The van der Waals surface area contributed by atoms with Gasteiger partial charge in [0.2, 0.25) is 5.89 Å². The molecule has 0 radical (unpaired) electrons. The Morgan fingerprint density at radius 2 is 2.16 bits per heavy atom. The molecule has 5 nitrogen and oxygen atoms in total. The smallest absolute Gasteiger partial charge is 0.223 e. The van der Waals surface area contributed by atoms with Crippen LogP contribution in [0.5, 0.6) is 0 Å². The molecular weight excluding hydrogens is 242 g/mol. The first kappa shape index (κ1) is 11.9. The topological polar surface area (TPSA) is 64.1 Å². The summed E-state index contributed by atoms with van der Waals surface area (Å²) in [6.07, 6.45) is 0. The van der Waals surface area contributed by atoms with E-state index in [1.165, 1.54) is 0 Å². The summed E-state index contributed by atoms with van der Waals surface area (Å²) in [5, 5.41) is 8.27. The largest absolute Gasteiger partial charge is 0.459 e. The molecule has 1 N–H and O–H groups in total. The van der Waals surface area contributed by atoms with E-state index in [1.54, 1.807) is 6.92 Å². The number of hydrogen-bond acceptors (Lipinski definition) is 5. The summed E-state index contributed by atoms with van der Waals surface area (Å²) < 4.78 is 10.7. The van der Waals surface area contributed by atoms with Crippen molar-refractivity contribution in [1.29, 1.82) is 0 Å². The third-order valence-electron chi connectivity index (χ3n) is 3.01. The van der Waals surface area contributed by atoms with Gasteiger partial charge in [0, 0.05) is 12.3 Å². The number of furan rings is 1. The summed E-state index contributed by atoms with van der Waals surface area (Å²) in [7, 11) is 0. The van der Waals surface area contributed by atoms with Crippen LogP contribution in [0.4, 0.5) is 0 Å². The Kier molecular flexibility index (Phi) is 3.05. The number of rotatable bonds is 4. The average molecular weight is 257 g/mol. The van der Waals surface area contributed by atoms with Crippen LogP contribution in [0, 0.1) is 6.92 Å². The van der Waals surface area contributed by atoms with Crippen LogP contribution in [0.1, 0.15) is 30.4 Å². The highest BCUT2D eigenvalue weighted by Gasteiger charge is 2.12. The van der Waals surface area contributed by atoms with Gasteiger partial charge < -0.3 is 14.3 Å². The SMILES string of the molecule is Cc1nc(CNC(C)c2cc3ccccc3o2)no1. The molecule has 3 rings (SSSR count). The number of nitrogens with zero attached hydrogens (tertiary/aromatic N) is 2. The van der Waals surface area contributed by atoms with Crippen molar-refractivity contribution in [3.8, 4) is 0 Å². The number of hydrogen-bond donors (Lipinski definition) is 1. The minimum absolute atomic E-state index is 0.0891. The number of para-hydroxylation sites is 1. The highest BCUT2D eigenvalue weighted by molar-refractivity contribution is 5.77. The minimum atomic E-state index is 0.0891. The van der Waals surface area contributed by atoms with Crippen molar-refractivity contribution in [2.24, 2.45) is 0 Å². The fourth-order valence-corrected chi connectivity index (χ4v) is 1.97. The molecule has 1 aromatic carbocycles. The molecule has 98 valence electrons. The lowest BCUT2D eigenvalue weighted by molar-refractivity contribution is 0.381. The minimum Gasteiger partial charge on any atom is -0.459 e. The fraction of sp³-hybridized carbons (Fsp3) is 0.286. The molecule has 2 heterocycles. The predicted octanol–water partition coefficient (Wildman–Crippen LogP) is 2.98. The van der Waals surface area contributed by atoms with Gasteiger partial charge in [-0.15, -0.1) is 0 Å². The Balaban J connectivity index is 1.71. The lowest BCUT2D eigenvalue weighted by Gasteiger charge is -2.08. The molecule has 0 fully saturated rings. The summed E-state index contributed by atoms with van der Waals surface area (Å²) in [4.78, 5) is 4.15. The highest BCUT2D eigenvalue weighted by atomic mass is 16.5. The van der Waals surface area contributed by atoms with Gasteiger partial charge in [0.15, 0.2) is 5.82 Å². The van der Waals surface area contributed by atoms with E-state index in [-0.39, 0.29) is 6.04 Å². The van der Waals surface area contributed by atoms with Crippen LogP contribution in [0.25, 0.3) is 11.0 Å². The molecule has 0 spiro atoms. The van der Waals surface area contributed by atoms with Crippen LogP contribution in [-0.2, 0) is 6.54 Å². The first-order valence-corrected chi connectivity index (χ1v) is 6.23. The second-order valence-electron chi connectivity index (χ2n) is 4.52. The lowest BCUT2D eigenvalue weighted by Crippen LogP contribution is -2.18. The molecule has 19 heavy (non-hydrogen) atoms. The summed E-state index contributed by atoms with van der Waals surface area (Å²) in [5.41, 5.74) is 0.904. The van der Waals surface area contributed by atoms with Gasteiger partial charge in [-0.1, -0.05) is 23.4 Å². The molecule has 0 aliphatic carbocycles. The van der Waals surface area contributed by atoms with E-state index < -0.39 is 0 Å². The molecule has 5 heteroatoms. The van der Waals surface area contributed by atoms with E-state index >= 15 is 0 Å². The average Bonchev–Trinajstić information content (AvgIpc) is 3.01. The van der Waals surface area contributed by atoms with Crippen LogP contribution in [0.2, 0.25) is 0 Å². The zero-order valence-corrected chi connectivity index (χ0v) is 10.9. The third kappa shape index (κ3) is 2.51. The summed E-state index contributed by atoms with van der Waals surface area (Å²) in [5.74, 6) is 2.13. The second kappa shape index (κ2) is 4.85. The van der Waals surface area contributed by atoms with Crippen molar-refractivity contribution < 1.29 is 8.94 Å². The number of aromatic nitrogens is 2. The van der Waals surface area contributed by atoms with Crippen LogP contribution < -0.4 is 5.32 Å². The van der Waals surface area contributed by atoms with Gasteiger partial charge in [-0.3, -0.25) is 0 Å². The molecule has 1 atom stereocenters. The summed E-state index contributed by atoms with van der Waals surface area (Å²) in [6.45, 7) is 4.37. The quantitative estimate of drug-likeness (QED) is 0.778. The Hall–Kier alpha value is -2.14. The maximum Gasteiger partial charge on any atom is 0.223 e. The van der Waals surface area contributed by atoms with Gasteiger partial charge >= 0.3 is 0 Å². The van der Waals surface area contributed by atoms with Crippen molar-refractivity contribution in [1.82, 2.24) is 15.5 Å². The molecule has 3 aromatic rings. The first-order chi connectivity index (χ1) is 9.22. The van der Waals surface area contributed by atoms with Gasteiger partial charge in [0.05, 0.1) is 12.6 Å². The zero-order chi connectivity index (χ0) is 13.2. The molecular formula is C14H15N3O2. The fourth-order valence-electron chi connectivity index (χ4n) is 1.97. The Morgan fingerprint density at radius 3 is 2.89 bits per heavy atom. The molecule has 0 bridgehead atoms. The molecule has 0 saturated carbocycles. The van der Waals surface area contributed by atoms with Gasteiger partial charge in [0.25, 0.3) is 0 Å². The third-order valence-corrected chi connectivity index (χ3v) is 3.01. The van der Waals surface area contributed by atoms with E-state index in [4.69, 9.17) is 8.94 Å². The van der Waals surface area contributed by atoms with Crippen LogP contribution in [0.3, 0.4) is 0 Å². The van der Waals surface area contributed by atoms with Gasteiger partial charge in [-0.05, 0) is 19.1 Å². The van der Waals surface area contributed by atoms with Crippen LogP contribution >= 0.6 is 0 Å². The standard InChI is InChI=1S/C14H15N3O2/c1-9(15-8-14-16-10(2)19-17-14)13-7-11-5-3-4-6-12(11)18-13/h3-7,9,15H,8H2,1-2H3. The second-order valence-corrected chi connectivity index (χ2v) is 4.52. The molecule has 0 amide bonds. The number of fused-ring (bicyclic) bond motifs is 1. The Labute approximate surface area is 110 Å². The lowest BCUT2D eigenvalue weighted by atomic mass is 10.2. The van der Waals surface area contributed by atoms with E-state index in [1.807, 2.05) is 31.2 Å². The van der Waals surface area contributed by atoms with E-state index in [9.17, 15) is 0 Å². The van der Waals surface area contributed by atoms with Gasteiger partial charge in [-0.2, -0.15) is 4.98 Å². The number of benzene rings is 1. The molecule has 2 aromatic heterocycles. The van der Waals surface area contributed by atoms with Crippen molar-refractivity contribution >= 4 is 11.0 Å². The number of nitrogens with one attached hydrogen (secondary N) is 1. The zero-order valence-electron chi connectivity index (χ0n) is 10.9. The van der Waals surface area contributed by atoms with Crippen LogP contribution in [-0.4, -0.2) is 10.1 Å². The van der Waals surface area contributed by atoms with Gasteiger partial charge in [-0.25, -0.2) is 0 Å². The summed E-state index contributed by atoms with van der Waals surface area (Å²) in [6, 6.07) is 10.1. The van der Waals surface area contributed by atoms with E-state index in [2.05, 4.69) is 21.5 Å². The van der Waals surface area contributed by atoms with Crippen molar-refractivity contribution in [2.75, 3.05) is 0 Å². The molecule has 1 unspecified atom stereocenters. The van der Waals surface area contributed by atoms with Gasteiger partial charge in [0.1, 0.15) is 11.3 Å². The van der Waals surface area contributed by atoms with Crippen LogP contribution in [0.15, 0.2) is 39.3 Å². The Bertz CT molecular complexity index is 654. The maximum atomic E-state index is 5.80. The summed E-state index contributed by atoms with van der Waals surface area (Å²) >= 11 is 0. The highest BCUT2D eigenvalue weighted by Crippen LogP contribution is 2.23. The first-order valence-electron chi connectivity index (χ1n) is 6.23. The maximum absolute atomic E-state index is 5.80. The van der Waals surface area contributed by atoms with E-state index in [0.717, 1.165) is 16.7 Å². The normalized spacial score (nSPS) is 12.9. The monoisotopic (exact) mass is 257 g/mol. The molecule has 0 saturated heterocycles. The molecule has 0 aliphatic heterocycles. The molecule has 0 aliphatic rings. The van der Waals surface area contributed by atoms with Crippen molar-refractivity contribution in [2.45, 2.75) is 26.4 Å². The van der Waals surface area contributed by atoms with E-state index in [0.29, 0.717) is 18.3 Å². The van der Waals surface area contributed by atoms with Crippen molar-refractivity contribution in [3.63, 3.8) is 0 Å². The number of aryl methyl sites for hydroxylation is 1. The van der Waals surface area contributed by atoms with Crippen molar-refractivity contribution in [3.05, 3.63) is 47.8 Å².